The van der Waals surface area contributed by atoms with Gasteiger partial charge < -0.3 is 4.74 Å². The molecule has 0 aliphatic rings. The second-order valence-electron chi connectivity index (χ2n) is 2.60. The van der Waals surface area contributed by atoms with Crippen LogP contribution in [0.1, 0.15) is 23.0 Å². The Bertz CT molecular complexity index is 448. The van der Waals surface area contributed by atoms with Gasteiger partial charge in [0.1, 0.15) is 18.2 Å². The highest BCUT2D eigenvalue weighted by atomic mass is 16.5. The fraction of sp³-hybridized carbons (Fsp3) is 0.300. The van der Waals surface area contributed by atoms with E-state index in [2.05, 4.69) is 11.0 Å². The van der Waals surface area contributed by atoms with Crippen molar-refractivity contribution in [1.29, 1.82) is 5.26 Å². The molecule has 0 atom stereocenters. The molecule has 0 aliphatic carbocycles. The van der Waals surface area contributed by atoms with Crippen LogP contribution in [0, 0.1) is 23.7 Å². The molecule has 0 spiro atoms. The van der Waals surface area contributed by atoms with E-state index in [1.807, 2.05) is 6.07 Å². The smallest absolute Gasteiger partial charge is 0.342 e. The first kappa shape index (κ1) is 10.8. The van der Waals surface area contributed by atoms with Gasteiger partial charge in [-0.3, -0.25) is 0 Å². The number of rotatable bonds is 3. The number of ether oxygens (including phenoxy) is 1. The maximum absolute atomic E-state index is 11.4. The van der Waals surface area contributed by atoms with E-state index in [-0.39, 0.29) is 24.4 Å². The van der Waals surface area contributed by atoms with Crippen LogP contribution in [0.3, 0.4) is 0 Å². The van der Waals surface area contributed by atoms with Gasteiger partial charge in [-0.1, -0.05) is 5.92 Å². The number of hydrogen-bond acceptors (Lipinski definition) is 4. The molecule has 0 radical (unpaired) electrons. The highest BCUT2D eigenvalue weighted by Gasteiger charge is 2.17. The van der Waals surface area contributed by atoms with Crippen LogP contribution in [0.2, 0.25) is 0 Å². The van der Waals surface area contributed by atoms with Crippen LogP contribution in [0.15, 0.2) is 6.20 Å². The number of nitriles is 1. The summed E-state index contributed by atoms with van der Waals surface area (Å²) in [6.45, 7) is 2.10. The molecule has 1 rings (SSSR count). The zero-order chi connectivity index (χ0) is 11.3. The third-order valence-corrected chi connectivity index (χ3v) is 1.68. The zero-order valence-electron chi connectivity index (χ0n) is 8.23. The molecule has 1 aromatic heterocycles. The zero-order valence-corrected chi connectivity index (χ0v) is 8.23. The summed E-state index contributed by atoms with van der Waals surface area (Å²) in [6, 6.07) is 1.87. The summed E-state index contributed by atoms with van der Waals surface area (Å²) in [7, 11) is 0. The van der Waals surface area contributed by atoms with Crippen molar-refractivity contribution in [2.24, 2.45) is 0 Å². The van der Waals surface area contributed by atoms with E-state index in [0.29, 0.717) is 0 Å². The summed E-state index contributed by atoms with van der Waals surface area (Å²) in [5.74, 6) is 1.78. The number of carbonyl (C=O) groups is 1. The Morgan fingerprint density at radius 2 is 2.53 bits per heavy atom. The molecule has 0 aliphatic heterocycles. The van der Waals surface area contributed by atoms with Gasteiger partial charge in [0.2, 0.25) is 0 Å². The highest BCUT2D eigenvalue weighted by Crippen LogP contribution is 2.08. The van der Waals surface area contributed by atoms with Crippen LogP contribution in [-0.4, -0.2) is 22.4 Å². The molecule has 0 N–H and O–H groups in total. The van der Waals surface area contributed by atoms with Gasteiger partial charge in [-0.25, -0.2) is 9.48 Å². The first-order valence-corrected chi connectivity index (χ1v) is 4.31. The second kappa shape index (κ2) is 4.83. The lowest BCUT2D eigenvalue weighted by Gasteiger charge is -1.99. The minimum Gasteiger partial charge on any atom is -0.462 e. The Kier molecular flexibility index (Phi) is 3.48. The Balaban J connectivity index is 3.06. The molecule has 5 heteroatoms. The largest absolute Gasteiger partial charge is 0.462 e. The fourth-order valence-corrected chi connectivity index (χ4v) is 1.07. The molecule has 0 saturated heterocycles. The number of aromatic nitrogens is 2. The van der Waals surface area contributed by atoms with Gasteiger partial charge in [0.05, 0.1) is 12.8 Å². The average molecular weight is 203 g/mol. The quantitative estimate of drug-likeness (QED) is 0.532. The number of terminal acetylenes is 1. The van der Waals surface area contributed by atoms with E-state index in [1.165, 1.54) is 10.9 Å². The van der Waals surface area contributed by atoms with Crippen LogP contribution in [0.4, 0.5) is 0 Å². The normalized spacial score (nSPS) is 9.00. The molecular weight excluding hydrogens is 194 g/mol. The van der Waals surface area contributed by atoms with Gasteiger partial charge >= 0.3 is 5.97 Å². The molecule has 15 heavy (non-hydrogen) atoms. The minimum absolute atomic E-state index is 0.131. The Labute approximate surface area is 87.3 Å². The first-order valence-electron chi connectivity index (χ1n) is 4.31. The Hall–Kier alpha value is -2.27. The van der Waals surface area contributed by atoms with Crippen molar-refractivity contribution in [3.63, 3.8) is 0 Å². The average Bonchev–Trinajstić information content (AvgIpc) is 2.62. The topological polar surface area (TPSA) is 67.9 Å². The molecule has 0 fully saturated rings. The maximum Gasteiger partial charge on any atom is 0.342 e. The molecule has 0 amide bonds. The summed E-state index contributed by atoms with van der Waals surface area (Å²) in [5.41, 5.74) is 0.279. The van der Waals surface area contributed by atoms with Crippen molar-refractivity contribution < 1.29 is 9.53 Å². The lowest BCUT2D eigenvalue weighted by Crippen LogP contribution is -2.08. The van der Waals surface area contributed by atoms with Crippen LogP contribution in [0.5, 0.6) is 0 Å². The van der Waals surface area contributed by atoms with E-state index < -0.39 is 5.97 Å². The number of hydrogen-bond donors (Lipinski definition) is 0. The highest BCUT2D eigenvalue weighted by molar-refractivity contribution is 5.91. The van der Waals surface area contributed by atoms with Gasteiger partial charge in [-0.05, 0) is 6.92 Å². The van der Waals surface area contributed by atoms with Crippen molar-refractivity contribution in [2.45, 2.75) is 13.5 Å². The Morgan fingerprint density at radius 3 is 3.07 bits per heavy atom. The van der Waals surface area contributed by atoms with E-state index in [0.717, 1.165) is 0 Å². The summed E-state index contributed by atoms with van der Waals surface area (Å²) < 4.78 is 6.05. The van der Waals surface area contributed by atoms with Crippen molar-refractivity contribution in [2.75, 3.05) is 6.61 Å². The summed E-state index contributed by atoms with van der Waals surface area (Å²) in [5, 5.41) is 12.7. The number of carbonyl (C=O) groups excluding carboxylic acids is 1. The number of esters is 1. The van der Waals surface area contributed by atoms with Crippen molar-refractivity contribution in [3.8, 4) is 18.4 Å². The molecule has 0 aromatic carbocycles. The molecule has 76 valence electrons. The van der Waals surface area contributed by atoms with Crippen LogP contribution in [-0.2, 0) is 11.3 Å². The van der Waals surface area contributed by atoms with E-state index >= 15 is 0 Å². The van der Waals surface area contributed by atoms with Gasteiger partial charge in [0.25, 0.3) is 0 Å². The number of nitrogens with zero attached hydrogens (tertiary/aromatic N) is 3. The van der Waals surface area contributed by atoms with E-state index in [9.17, 15) is 4.79 Å². The first-order chi connectivity index (χ1) is 7.24. The molecule has 0 saturated carbocycles. The SMILES string of the molecule is C#CCn1ncc(C(=O)OCC)c1C#N. The molecule has 0 unspecified atom stereocenters. The molecule has 5 nitrogen and oxygen atoms in total. The van der Waals surface area contributed by atoms with Gasteiger partial charge in [-0.15, -0.1) is 6.42 Å². The van der Waals surface area contributed by atoms with Crippen LogP contribution >= 0.6 is 0 Å². The summed E-state index contributed by atoms with van der Waals surface area (Å²) in [6.07, 6.45) is 6.38. The van der Waals surface area contributed by atoms with E-state index in [1.54, 1.807) is 6.92 Å². The molecular formula is C10H9N3O2. The van der Waals surface area contributed by atoms with Crippen LogP contribution < -0.4 is 0 Å². The molecule has 0 bridgehead atoms. The minimum atomic E-state index is -0.558. The van der Waals surface area contributed by atoms with Gasteiger partial charge in [0.15, 0.2) is 5.69 Å². The monoisotopic (exact) mass is 203 g/mol. The fourth-order valence-electron chi connectivity index (χ4n) is 1.07. The summed E-state index contributed by atoms with van der Waals surface area (Å²) >= 11 is 0. The lowest BCUT2D eigenvalue weighted by molar-refractivity contribution is 0.0526. The standard InChI is InChI=1S/C10H9N3O2/c1-3-5-13-9(6-11)8(7-12-13)10(14)15-4-2/h1,7H,4-5H2,2H3. The Morgan fingerprint density at radius 1 is 1.80 bits per heavy atom. The lowest BCUT2D eigenvalue weighted by atomic mass is 10.2. The third-order valence-electron chi connectivity index (χ3n) is 1.68. The maximum atomic E-state index is 11.4. The van der Waals surface area contributed by atoms with Gasteiger partial charge in [-0.2, -0.15) is 10.4 Å². The second-order valence-corrected chi connectivity index (χ2v) is 2.60. The van der Waals surface area contributed by atoms with E-state index in [4.69, 9.17) is 16.4 Å². The predicted molar refractivity (Wildman–Crippen MR) is 51.7 cm³/mol. The van der Waals surface area contributed by atoms with Crippen LogP contribution in [0.25, 0.3) is 0 Å². The third kappa shape index (κ3) is 2.15. The summed E-state index contributed by atoms with van der Waals surface area (Å²) in [4.78, 5) is 11.4. The molecule has 1 aromatic rings. The van der Waals surface area contributed by atoms with Crippen molar-refractivity contribution >= 4 is 5.97 Å². The molecule has 1 heterocycles. The van der Waals surface area contributed by atoms with Crippen molar-refractivity contribution in [3.05, 3.63) is 17.5 Å². The van der Waals surface area contributed by atoms with Gasteiger partial charge in [0, 0.05) is 0 Å². The predicted octanol–water partition coefficient (Wildman–Crippen LogP) is 0.565. The van der Waals surface area contributed by atoms with Crippen molar-refractivity contribution in [1.82, 2.24) is 9.78 Å².